The number of hydrogen-bond donors (Lipinski definition) is 3. The second-order valence-electron chi connectivity index (χ2n) is 5.02. The van der Waals surface area contributed by atoms with Gasteiger partial charge in [-0.05, 0) is 18.9 Å². The number of nitrogens with one attached hydrogen (secondary N) is 3. The highest BCUT2D eigenvalue weighted by molar-refractivity contribution is 7.92. The summed E-state index contributed by atoms with van der Waals surface area (Å²) >= 11 is 0. The molecule has 0 amide bonds. The van der Waals surface area contributed by atoms with Crippen molar-refractivity contribution in [2.24, 2.45) is 7.05 Å². The smallest absolute Gasteiger partial charge is 0.263 e. The molecular weight excluding hydrogens is 278 g/mol. The van der Waals surface area contributed by atoms with Crippen LogP contribution in [0.15, 0.2) is 29.6 Å². The van der Waals surface area contributed by atoms with Gasteiger partial charge in [0.15, 0.2) is 0 Å². The Morgan fingerprint density at radius 2 is 2.30 bits per heavy atom. The van der Waals surface area contributed by atoms with E-state index in [1.165, 1.54) is 25.2 Å². The van der Waals surface area contributed by atoms with Crippen LogP contribution in [0.25, 0.3) is 0 Å². The molecule has 0 bridgehead atoms. The van der Waals surface area contributed by atoms with E-state index in [1.807, 2.05) is 0 Å². The van der Waals surface area contributed by atoms with Crippen molar-refractivity contribution < 1.29 is 8.42 Å². The maximum Gasteiger partial charge on any atom is 0.263 e. The van der Waals surface area contributed by atoms with Crippen molar-refractivity contribution in [2.75, 3.05) is 4.72 Å². The van der Waals surface area contributed by atoms with Gasteiger partial charge in [-0.3, -0.25) is 9.40 Å². The van der Waals surface area contributed by atoms with Gasteiger partial charge in [-0.2, -0.15) is 5.10 Å². The Labute approximate surface area is 117 Å². The molecule has 0 saturated heterocycles. The van der Waals surface area contributed by atoms with Crippen LogP contribution in [0, 0.1) is 0 Å². The van der Waals surface area contributed by atoms with Gasteiger partial charge >= 0.3 is 0 Å². The zero-order chi connectivity index (χ0) is 14.2. The van der Waals surface area contributed by atoms with Crippen molar-refractivity contribution in [3.05, 3.63) is 30.4 Å². The molecule has 2 aromatic rings. The average Bonchev–Trinajstić information content (AvgIpc) is 2.93. The molecule has 3 N–H and O–H groups in total. The van der Waals surface area contributed by atoms with Crippen LogP contribution in [-0.2, 0) is 23.6 Å². The molecule has 1 aliphatic carbocycles. The molecule has 0 atom stereocenters. The van der Waals surface area contributed by atoms with E-state index in [0.717, 1.165) is 5.69 Å². The first-order valence-corrected chi connectivity index (χ1v) is 7.93. The van der Waals surface area contributed by atoms with Crippen LogP contribution in [-0.4, -0.2) is 29.2 Å². The van der Waals surface area contributed by atoms with Gasteiger partial charge in [0, 0.05) is 37.7 Å². The lowest BCUT2D eigenvalue weighted by Crippen LogP contribution is -2.15. The predicted molar refractivity (Wildman–Crippen MR) is 74.7 cm³/mol. The van der Waals surface area contributed by atoms with E-state index >= 15 is 0 Å². The number of anilines is 1. The molecule has 2 aromatic heterocycles. The Morgan fingerprint density at radius 3 is 2.95 bits per heavy atom. The zero-order valence-electron chi connectivity index (χ0n) is 11.1. The van der Waals surface area contributed by atoms with Crippen molar-refractivity contribution in [1.82, 2.24) is 20.1 Å². The van der Waals surface area contributed by atoms with E-state index in [4.69, 9.17) is 0 Å². The summed E-state index contributed by atoms with van der Waals surface area (Å²) in [6.07, 6.45) is 6.99. The van der Waals surface area contributed by atoms with E-state index in [9.17, 15) is 8.42 Å². The minimum absolute atomic E-state index is 0.231. The third-order valence-corrected chi connectivity index (χ3v) is 4.50. The second kappa shape index (κ2) is 4.95. The average molecular weight is 295 g/mol. The lowest BCUT2D eigenvalue weighted by Gasteiger charge is -2.02. The third-order valence-electron chi connectivity index (χ3n) is 3.14. The summed E-state index contributed by atoms with van der Waals surface area (Å²) in [4.78, 5) is 3.21. The monoisotopic (exact) mass is 295 g/mol. The summed E-state index contributed by atoms with van der Waals surface area (Å²) in [5, 5.41) is 7.26. The summed E-state index contributed by atoms with van der Waals surface area (Å²) in [5.41, 5.74) is 1.31. The fraction of sp³-hybridized carbons (Fsp3) is 0.417. The quantitative estimate of drug-likeness (QED) is 0.735. The maximum absolute atomic E-state index is 12.2. The molecular formula is C12H17N5O2S. The first-order valence-electron chi connectivity index (χ1n) is 6.45. The Balaban J connectivity index is 1.69. The molecule has 1 aliphatic rings. The molecule has 0 unspecified atom stereocenters. The van der Waals surface area contributed by atoms with E-state index in [1.54, 1.807) is 24.0 Å². The van der Waals surface area contributed by atoms with Crippen LogP contribution >= 0.6 is 0 Å². The molecule has 108 valence electrons. The van der Waals surface area contributed by atoms with Crippen LogP contribution in [0.1, 0.15) is 18.5 Å². The highest BCUT2D eigenvalue weighted by Crippen LogP contribution is 2.20. The van der Waals surface area contributed by atoms with Gasteiger partial charge in [-0.1, -0.05) is 0 Å². The van der Waals surface area contributed by atoms with Crippen molar-refractivity contribution in [2.45, 2.75) is 30.3 Å². The van der Waals surface area contributed by atoms with Crippen LogP contribution < -0.4 is 10.0 Å². The Hall–Kier alpha value is -1.80. The molecule has 0 aliphatic heterocycles. The van der Waals surface area contributed by atoms with E-state index in [0.29, 0.717) is 18.3 Å². The van der Waals surface area contributed by atoms with Gasteiger partial charge < -0.3 is 10.3 Å². The van der Waals surface area contributed by atoms with Crippen molar-refractivity contribution in [3.8, 4) is 0 Å². The van der Waals surface area contributed by atoms with Gasteiger partial charge in [-0.15, -0.1) is 0 Å². The third kappa shape index (κ3) is 3.02. The van der Waals surface area contributed by atoms with Gasteiger partial charge in [0.2, 0.25) is 0 Å². The Bertz CT molecular complexity index is 699. The number of nitrogens with zero attached hydrogens (tertiary/aromatic N) is 2. The highest BCUT2D eigenvalue weighted by atomic mass is 32.2. The number of aromatic amines is 1. The normalized spacial score (nSPS) is 15.4. The molecule has 7 nitrogen and oxygen atoms in total. The highest BCUT2D eigenvalue weighted by Gasteiger charge is 2.21. The lowest BCUT2D eigenvalue weighted by atomic mass is 10.4. The molecule has 0 radical (unpaired) electrons. The molecule has 3 rings (SSSR count). The molecule has 8 heteroatoms. The van der Waals surface area contributed by atoms with E-state index in [-0.39, 0.29) is 4.90 Å². The van der Waals surface area contributed by atoms with Crippen molar-refractivity contribution >= 4 is 15.7 Å². The van der Waals surface area contributed by atoms with Gasteiger partial charge in [0.1, 0.15) is 4.90 Å². The summed E-state index contributed by atoms with van der Waals surface area (Å²) in [5.74, 6) is 0. The van der Waals surface area contributed by atoms with Crippen LogP contribution in [0.4, 0.5) is 5.69 Å². The predicted octanol–water partition coefficient (Wildman–Crippen LogP) is 0.801. The SMILES string of the molecule is Cn1cc(NS(=O)(=O)c2c[nH]c(CNC3CC3)c2)cn1. The fourth-order valence-corrected chi connectivity index (χ4v) is 2.95. The van der Waals surface area contributed by atoms with Crippen LogP contribution in [0.5, 0.6) is 0 Å². The summed E-state index contributed by atoms with van der Waals surface area (Å²) in [6, 6.07) is 2.24. The molecule has 1 saturated carbocycles. The molecule has 20 heavy (non-hydrogen) atoms. The van der Waals surface area contributed by atoms with Crippen molar-refractivity contribution in [1.29, 1.82) is 0 Å². The lowest BCUT2D eigenvalue weighted by molar-refractivity contribution is 0.601. The number of sulfonamides is 1. The largest absolute Gasteiger partial charge is 0.363 e. The van der Waals surface area contributed by atoms with Gasteiger partial charge in [0.25, 0.3) is 10.0 Å². The number of rotatable bonds is 6. The Morgan fingerprint density at radius 1 is 1.50 bits per heavy atom. The van der Waals surface area contributed by atoms with Crippen LogP contribution in [0.2, 0.25) is 0 Å². The van der Waals surface area contributed by atoms with Gasteiger partial charge in [-0.25, -0.2) is 8.42 Å². The van der Waals surface area contributed by atoms with Crippen LogP contribution in [0.3, 0.4) is 0 Å². The number of aromatic nitrogens is 3. The first-order chi connectivity index (χ1) is 9.53. The minimum Gasteiger partial charge on any atom is -0.363 e. The summed E-state index contributed by atoms with van der Waals surface area (Å²) in [6.45, 7) is 0.660. The number of H-pyrrole nitrogens is 1. The van der Waals surface area contributed by atoms with Gasteiger partial charge in [0.05, 0.1) is 11.9 Å². The molecule has 0 spiro atoms. The summed E-state index contributed by atoms with van der Waals surface area (Å²) < 4.78 is 28.4. The van der Waals surface area contributed by atoms with E-state index < -0.39 is 10.0 Å². The number of aryl methyl sites for hydroxylation is 1. The topological polar surface area (TPSA) is 91.8 Å². The standard InChI is InChI=1S/C12H17N5O2S/c1-17-8-11(6-15-17)16-20(18,19)12-4-10(14-7-12)5-13-9-2-3-9/h4,6-9,13-14,16H,2-3,5H2,1H3. The molecule has 2 heterocycles. The first kappa shape index (κ1) is 13.2. The summed E-state index contributed by atoms with van der Waals surface area (Å²) in [7, 11) is -1.83. The molecule has 0 aromatic carbocycles. The molecule has 1 fully saturated rings. The number of hydrogen-bond acceptors (Lipinski definition) is 4. The van der Waals surface area contributed by atoms with E-state index in [2.05, 4.69) is 20.1 Å². The van der Waals surface area contributed by atoms with Crippen molar-refractivity contribution in [3.63, 3.8) is 0 Å². The Kier molecular flexibility index (Phi) is 3.27. The maximum atomic E-state index is 12.2. The minimum atomic E-state index is -3.56. The second-order valence-corrected chi connectivity index (χ2v) is 6.71. The zero-order valence-corrected chi connectivity index (χ0v) is 11.9. The fourth-order valence-electron chi connectivity index (χ4n) is 1.91.